The van der Waals surface area contributed by atoms with E-state index in [1.54, 1.807) is 6.92 Å². The molecule has 0 bridgehead atoms. The van der Waals surface area contributed by atoms with Gasteiger partial charge in [-0.15, -0.1) is 0 Å². The minimum Gasteiger partial charge on any atom is -0.368 e. The quantitative estimate of drug-likeness (QED) is 0.565. The molecule has 0 aliphatic rings. The molecule has 4 heteroatoms. The van der Waals surface area contributed by atoms with Crippen molar-refractivity contribution in [2.24, 2.45) is 0 Å². The topological polar surface area (TPSA) is 40.5 Å². The third-order valence-electron chi connectivity index (χ3n) is 0.365. The van der Waals surface area contributed by atoms with Gasteiger partial charge in [-0.3, -0.25) is 0 Å². The van der Waals surface area contributed by atoms with Crippen molar-refractivity contribution < 1.29 is 10.2 Å². The van der Waals surface area contributed by atoms with Crippen LogP contribution in [0.4, 0.5) is 0 Å². The Morgan fingerprint density at radius 3 is 1.57 bits per heavy atom. The van der Waals surface area contributed by atoms with Gasteiger partial charge < -0.3 is 10.2 Å². The lowest BCUT2D eigenvalue weighted by Crippen LogP contribution is -1.99. The highest BCUT2D eigenvalue weighted by Gasteiger charge is 1.83. The molecular formula is C3H8I2O2. The van der Waals surface area contributed by atoms with Crippen LogP contribution in [0.25, 0.3) is 0 Å². The Morgan fingerprint density at radius 1 is 1.43 bits per heavy atom. The molecule has 0 aliphatic heterocycles. The maximum atomic E-state index is 7.92. The van der Waals surface area contributed by atoms with E-state index in [1.807, 2.05) is 0 Å². The Labute approximate surface area is 66.6 Å². The van der Waals surface area contributed by atoms with Gasteiger partial charge >= 0.3 is 0 Å². The monoisotopic (exact) mass is 330 g/mol. The summed E-state index contributed by atoms with van der Waals surface area (Å²) in [4.78, 5) is 0. The number of hydrogen-bond donors (Lipinski definition) is 2. The van der Waals surface area contributed by atoms with Crippen molar-refractivity contribution in [3.63, 3.8) is 0 Å². The van der Waals surface area contributed by atoms with Crippen molar-refractivity contribution in [2.45, 2.75) is 19.6 Å². The number of hydrogen-bond acceptors (Lipinski definition) is 2. The first-order chi connectivity index (χ1) is 3.27. The van der Waals surface area contributed by atoms with Crippen LogP contribution in [0.15, 0.2) is 0 Å². The van der Waals surface area contributed by atoms with Gasteiger partial charge in [0.25, 0.3) is 0 Å². The summed E-state index contributed by atoms with van der Waals surface area (Å²) in [6, 6.07) is 0. The standard InChI is InChI=1S/C3H8O2.I2/c1-2-3(4)5;1-2/h3-5H,2H2,1H3;. The molecule has 0 aliphatic carbocycles. The van der Waals surface area contributed by atoms with E-state index in [1.165, 1.54) is 0 Å². The molecule has 0 spiro atoms. The highest BCUT2D eigenvalue weighted by Crippen LogP contribution is 1.89. The molecular weight excluding hydrogens is 322 g/mol. The van der Waals surface area contributed by atoms with Gasteiger partial charge in [0.2, 0.25) is 0 Å². The van der Waals surface area contributed by atoms with Gasteiger partial charge in [-0.1, -0.05) is 6.92 Å². The predicted octanol–water partition coefficient (Wildman–Crippen LogP) is 1.48. The third kappa shape index (κ3) is 18.7. The van der Waals surface area contributed by atoms with Crippen LogP contribution in [0.3, 0.4) is 0 Å². The lowest BCUT2D eigenvalue weighted by atomic mass is 10.5. The van der Waals surface area contributed by atoms with Crippen LogP contribution >= 0.6 is 37.2 Å². The molecule has 0 unspecified atom stereocenters. The summed E-state index contributed by atoms with van der Waals surface area (Å²) in [5.41, 5.74) is 0. The molecule has 46 valence electrons. The molecule has 2 N–H and O–H groups in total. The molecule has 0 amide bonds. The molecule has 0 aromatic heterocycles. The van der Waals surface area contributed by atoms with E-state index in [9.17, 15) is 0 Å². The summed E-state index contributed by atoms with van der Waals surface area (Å²) in [6.07, 6.45) is -0.699. The highest BCUT2D eigenvalue weighted by atomic mass is 128. The fraction of sp³-hybridized carbons (Fsp3) is 1.00. The Balaban J connectivity index is 0. The number of halogens is 2. The van der Waals surface area contributed by atoms with Crippen molar-refractivity contribution in [3.05, 3.63) is 0 Å². The Hall–Kier alpha value is 1.38. The summed E-state index contributed by atoms with van der Waals surface area (Å²) < 4.78 is 0. The number of aliphatic hydroxyl groups excluding tert-OH is 1. The average molecular weight is 330 g/mol. The first-order valence-electron chi connectivity index (χ1n) is 1.77. The smallest absolute Gasteiger partial charge is 0.151 e. The molecule has 0 aromatic carbocycles. The van der Waals surface area contributed by atoms with E-state index in [0.29, 0.717) is 6.42 Å². The van der Waals surface area contributed by atoms with Crippen LogP contribution in [0.1, 0.15) is 13.3 Å². The summed E-state index contributed by atoms with van der Waals surface area (Å²) in [7, 11) is 0. The van der Waals surface area contributed by atoms with Crippen LogP contribution in [-0.4, -0.2) is 16.5 Å². The second-order valence-electron chi connectivity index (χ2n) is 0.889. The van der Waals surface area contributed by atoms with Gasteiger partial charge in [-0.05, 0) is 6.42 Å². The van der Waals surface area contributed by atoms with Crippen LogP contribution in [0.5, 0.6) is 0 Å². The Bertz CT molecular complexity index is 24.9. The largest absolute Gasteiger partial charge is 0.368 e. The molecule has 2 nitrogen and oxygen atoms in total. The summed E-state index contributed by atoms with van der Waals surface area (Å²) in [6.45, 7) is 1.70. The molecule has 0 saturated heterocycles. The maximum absolute atomic E-state index is 7.92. The van der Waals surface area contributed by atoms with E-state index in [-0.39, 0.29) is 0 Å². The van der Waals surface area contributed by atoms with Gasteiger partial charge in [0.1, 0.15) is 0 Å². The molecule has 0 heterocycles. The predicted molar refractivity (Wildman–Crippen MR) is 46.6 cm³/mol. The molecule has 0 saturated carbocycles. The molecule has 0 aromatic rings. The van der Waals surface area contributed by atoms with E-state index in [2.05, 4.69) is 37.2 Å². The van der Waals surface area contributed by atoms with Crippen LogP contribution in [0.2, 0.25) is 0 Å². The number of rotatable bonds is 1. The molecule has 7 heavy (non-hydrogen) atoms. The Kier molecular flexibility index (Phi) is 16.6. The molecule has 0 atom stereocenters. The Morgan fingerprint density at radius 2 is 1.57 bits per heavy atom. The molecule has 0 radical (unpaired) electrons. The zero-order valence-electron chi connectivity index (χ0n) is 3.93. The van der Waals surface area contributed by atoms with Gasteiger partial charge in [0.05, 0.1) is 0 Å². The van der Waals surface area contributed by atoms with Crippen LogP contribution < -0.4 is 0 Å². The zero-order valence-corrected chi connectivity index (χ0v) is 8.25. The normalized spacial score (nSPS) is 7.71. The van der Waals surface area contributed by atoms with Crippen molar-refractivity contribution in [3.8, 4) is 0 Å². The van der Waals surface area contributed by atoms with Crippen molar-refractivity contribution in [1.29, 1.82) is 0 Å². The summed E-state index contributed by atoms with van der Waals surface area (Å²) >= 11 is 4.24. The van der Waals surface area contributed by atoms with E-state index in [0.717, 1.165) is 0 Å². The minimum atomic E-state index is -1.12. The van der Waals surface area contributed by atoms with Gasteiger partial charge in [-0.25, -0.2) is 0 Å². The van der Waals surface area contributed by atoms with E-state index < -0.39 is 6.29 Å². The SMILES string of the molecule is CCC(O)O.II. The second-order valence-corrected chi connectivity index (χ2v) is 0.889. The maximum Gasteiger partial charge on any atom is 0.151 e. The highest BCUT2D eigenvalue weighted by molar-refractivity contribution is 15.0. The van der Waals surface area contributed by atoms with E-state index >= 15 is 0 Å². The van der Waals surface area contributed by atoms with Crippen molar-refractivity contribution in [2.75, 3.05) is 0 Å². The lowest BCUT2D eigenvalue weighted by Gasteiger charge is -1.90. The lowest BCUT2D eigenvalue weighted by molar-refractivity contribution is -0.0413. The van der Waals surface area contributed by atoms with Crippen molar-refractivity contribution in [1.82, 2.24) is 0 Å². The summed E-state index contributed by atoms with van der Waals surface area (Å²) in [5.74, 6) is 0. The van der Waals surface area contributed by atoms with Crippen LogP contribution in [-0.2, 0) is 0 Å². The summed E-state index contributed by atoms with van der Waals surface area (Å²) in [5, 5.41) is 15.8. The fourth-order valence-corrected chi connectivity index (χ4v) is 0. The van der Waals surface area contributed by atoms with Gasteiger partial charge in [-0.2, -0.15) is 0 Å². The van der Waals surface area contributed by atoms with E-state index in [4.69, 9.17) is 10.2 Å². The second kappa shape index (κ2) is 10.4. The minimum absolute atomic E-state index is 0.417. The molecule has 0 fully saturated rings. The third-order valence-corrected chi connectivity index (χ3v) is 0.365. The molecule has 0 rings (SSSR count). The number of aliphatic hydroxyl groups is 2. The van der Waals surface area contributed by atoms with Gasteiger partial charge in [0.15, 0.2) is 6.29 Å². The zero-order chi connectivity index (χ0) is 6.28. The van der Waals surface area contributed by atoms with Crippen LogP contribution in [0, 0.1) is 0 Å². The van der Waals surface area contributed by atoms with Gasteiger partial charge in [0, 0.05) is 37.2 Å². The first-order valence-corrected chi connectivity index (χ1v) is 8.06. The average Bonchev–Trinajstić information content (AvgIpc) is 1.73. The van der Waals surface area contributed by atoms with Crippen molar-refractivity contribution >= 4 is 37.2 Å². The fourth-order valence-electron chi connectivity index (χ4n) is 0. The first kappa shape index (κ1) is 11.2.